The third-order valence-electron chi connectivity index (χ3n) is 6.40. The Bertz CT molecular complexity index is 1180. The lowest BCUT2D eigenvalue weighted by atomic mass is 10.0. The molecule has 0 aliphatic heterocycles. The Morgan fingerprint density at radius 3 is 2.05 bits per heavy atom. The molecule has 0 spiro atoms. The van der Waals surface area contributed by atoms with Crippen molar-refractivity contribution in [3.05, 3.63) is 89.5 Å². The van der Waals surface area contributed by atoms with E-state index >= 15 is 0 Å². The van der Waals surface area contributed by atoms with Gasteiger partial charge in [0.05, 0.1) is 21.3 Å². The van der Waals surface area contributed by atoms with E-state index in [4.69, 9.17) is 14.2 Å². The van der Waals surface area contributed by atoms with Crippen molar-refractivity contribution >= 4 is 11.8 Å². The average Bonchev–Trinajstić information content (AvgIpc) is 2.95. The topological polar surface area (TPSA) is 77.1 Å². The van der Waals surface area contributed by atoms with Gasteiger partial charge in [0.1, 0.15) is 11.8 Å². The van der Waals surface area contributed by atoms with Gasteiger partial charge in [0, 0.05) is 25.4 Å². The Morgan fingerprint density at radius 2 is 1.45 bits per heavy atom. The largest absolute Gasteiger partial charge is 0.497 e. The first kappa shape index (κ1) is 28.6. The quantitative estimate of drug-likeness (QED) is 0.356. The van der Waals surface area contributed by atoms with E-state index in [1.807, 2.05) is 86.6 Å². The Balaban J connectivity index is 1.82. The molecule has 0 saturated carbocycles. The molecule has 3 aromatic carbocycles. The number of hydrogen-bond donors (Lipinski definition) is 1. The predicted molar refractivity (Wildman–Crippen MR) is 149 cm³/mol. The van der Waals surface area contributed by atoms with Gasteiger partial charge in [-0.2, -0.15) is 0 Å². The predicted octanol–water partition coefficient (Wildman–Crippen LogP) is 4.67. The number of amides is 2. The second-order valence-electron chi connectivity index (χ2n) is 9.40. The van der Waals surface area contributed by atoms with E-state index in [0.717, 1.165) is 22.4 Å². The van der Waals surface area contributed by atoms with Gasteiger partial charge in [-0.25, -0.2) is 0 Å². The van der Waals surface area contributed by atoms with Crippen molar-refractivity contribution in [1.29, 1.82) is 0 Å². The highest BCUT2D eigenvalue weighted by molar-refractivity contribution is 5.88. The number of carbonyl (C=O) groups is 2. The van der Waals surface area contributed by atoms with Gasteiger partial charge < -0.3 is 24.4 Å². The maximum atomic E-state index is 13.7. The van der Waals surface area contributed by atoms with E-state index in [2.05, 4.69) is 5.32 Å². The van der Waals surface area contributed by atoms with Crippen LogP contribution in [0, 0.1) is 5.92 Å². The summed E-state index contributed by atoms with van der Waals surface area (Å²) >= 11 is 0. The zero-order valence-electron chi connectivity index (χ0n) is 22.9. The van der Waals surface area contributed by atoms with Crippen molar-refractivity contribution in [3.63, 3.8) is 0 Å². The van der Waals surface area contributed by atoms with Crippen LogP contribution in [0.4, 0.5) is 0 Å². The van der Waals surface area contributed by atoms with Crippen molar-refractivity contribution in [2.75, 3.05) is 27.9 Å². The van der Waals surface area contributed by atoms with Crippen LogP contribution < -0.4 is 19.5 Å². The number of methoxy groups -OCH3 is 3. The minimum absolute atomic E-state index is 0.0724. The van der Waals surface area contributed by atoms with Gasteiger partial charge in [-0.1, -0.05) is 62.4 Å². The first-order chi connectivity index (χ1) is 18.4. The molecule has 7 nitrogen and oxygen atoms in total. The molecular formula is C31H38N2O5. The van der Waals surface area contributed by atoms with Gasteiger partial charge in [-0.3, -0.25) is 9.59 Å². The number of hydrogen-bond acceptors (Lipinski definition) is 5. The summed E-state index contributed by atoms with van der Waals surface area (Å²) < 4.78 is 16.0. The molecule has 3 rings (SSSR count). The van der Waals surface area contributed by atoms with Crippen LogP contribution in [0.25, 0.3) is 0 Å². The molecule has 0 radical (unpaired) electrons. The van der Waals surface area contributed by atoms with Crippen molar-refractivity contribution in [1.82, 2.24) is 10.2 Å². The minimum atomic E-state index is -0.667. The fourth-order valence-corrected chi connectivity index (χ4v) is 4.27. The number of ether oxygens (including phenoxy) is 3. The van der Waals surface area contributed by atoms with E-state index < -0.39 is 6.04 Å². The molecule has 0 heterocycles. The van der Waals surface area contributed by atoms with E-state index in [0.29, 0.717) is 37.4 Å². The molecule has 38 heavy (non-hydrogen) atoms. The molecule has 0 bridgehead atoms. The second kappa shape index (κ2) is 14.1. The molecule has 3 aromatic rings. The summed E-state index contributed by atoms with van der Waals surface area (Å²) in [4.78, 5) is 28.8. The van der Waals surface area contributed by atoms with Crippen molar-refractivity contribution in [2.24, 2.45) is 5.92 Å². The molecule has 2 amide bonds. The lowest BCUT2D eigenvalue weighted by Crippen LogP contribution is -2.51. The molecule has 7 heteroatoms. The van der Waals surface area contributed by atoms with Crippen LogP contribution in [0.2, 0.25) is 0 Å². The molecule has 0 unspecified atom stereocenters. The van der Waals surface area contributed by atoms with Crippen LogP contribution in [0.1, 0.15) is 30.5 Å². The molecule has 0 saturated heterocycles. The SMILES string of the molecule is COc1ccc(CN(C(=O)C(C)C)[C@@H](Cc2ccccc2)C(=O)NCCc2ccc(OC)c(OC)c2)cc1. The van der Waals surface area contributed by atoms with Crippen molar-refractivity contribution < 1.29 is 23.8 Å². The van der Waals surface area contributed by atoms with E-state index in [1.54, 1.807) is 26.2 Å². The zero-order valence-corrected chi connectivity index (χ0v) is 22.9. The first-order valence-corrected chi connectivity index (χ1v) is 12.8. The van der Waals surface area contributed by atoms with Gasteiger partial charge in [-0.05, 0) is 47.4 Å². The molecular weight excluding hydrogens is 480 g/mol. The Morgan fingerprint density at radius 1 is 0.789 bits per heavy atom. The minimum Gasteiger partial charge on any atom is -0.497 e. The third-order valence-corrected chi connectivity index (χ3v) is 6.40. The summed E-state index contributed by atoms with van der Waals surface area (Å²) in [6.07, 6.45) is 1.03. The number of nitrogens with one attached hydrogen (secondary N) is 1. The molecule has 0 aromatic heterocycles. The van der Waals surface area contributed by atoms with Gasteiger partial charge >= 0.3 is 0 Å². The monoisotopic (exact) mass is 518 g/mol. The van der Waals surface area contributed by atoms with Crippen molar-refractivity contribution in [2.45, 2.75) is 39.3 Å². The lowest BCUT2D eigenvalue weighted by Gasteiger charge is -2.33. The highest BCUT2D eigenvalue weighted by atomic mass is 16.5. The number of rotatable bonds is 13. The highest BCUT2D eigenvalue weighted by Gasteiger charge is 2.31. The van der Waals surface area contributed by atoms with E-state index in [1.165, 1.54) is 0 Å². The van der Waals surface area contributed by atoms with Gasteiger partial charge in [0.15, 0.2) is 11.5 Å². The normalized spacial score (nSPS) is 11.5. The van der Waals surface area contributed by atoms with Crippen molar-refractivity contribution in [3.8, 4) is 17.2 Å². The standard InChI is InChI=1S/C31H38N2O5/c1-22(2)31(35)33(21-25-11-14-26(36-3)15-12-25)27(19-23-9-7-6-8-10-23)30(34)32-18-17-24-13-16-28(37-4)29(20-24)38-5/h6-16,20,22,27H,17-19,21H2,1-5H3,(H,32,34)/t27-/m0/s1. The zero-order chi connectivity index (χ0) is 27.5. The molecule has 0 aliphatic rings. The van der Waals surface area contributed by atoms with Crippen LogP contribution >= 0.6 is 0 Å². The summed E-state index contributed by atoms with van der Waals surface area (Å²) in [6.45, 7) is 4.46. The summed E-state index contributed by atoms with van der Waals surface area (Å²) in [5.74, 6) is 1.53. The molecule has 0 fully saturated rings. The Labute approximate surface area is 225 Å². The Kier molecular flexibility index (Phi) is 10.6. The number of carbonyl (C=O) groups excluding carboxylic acids is 2. The summed E-state index contributed by atoms with van der Waals surface area (Å²) in [5, 5.41) is 3.07. The van der Waals surface area contributed by atoms with Crippen LogP contribution in [0.15, 0.2) is 72.8 Å². The lowest BCUT2D eigenvalue weighted by molar-refractivity contribution is -0.143. The average molecular weight is 519 g/mol. The van der Waals surface area contributed by atoms with Crippen LogP contribution in [-0.4, -0.2) is 50.6 Å². The van der Waals surface area contributed by atoms with Gasteiger partial charge in [0.25, 0.3) is 0 Å². The molecule has 1 atom stereocenters. The van der Waals surface area contributed by atoms with Crippen LogP contribution in [0.5, 0.6) is 17.2 Å². The van der Waals surface area contributed by atoms with Crippen LogP contribution in [-0.2, 0) is 29.0 Å². The third kappa shape index (κ3) is 7.75. The molecule has 1 N–H and O–H groups in total. The summed E-state index contributed by atoms with van der Waals surface area (Å²) in [6, 6.07) is 22.4. The fourth-order valence-electron chi connectivity index (χ4n) is 4.27. The van der Waals surface area contributed by atoms with E-state index in [-0.39, 0.29) is 17.7 Å². The second-order valence-corrected chi connectivity index (χ2v) is 9.40. The van der Waals surface area contributed by atoms with E-state index in [9.17, 15) is 9.59 Å². The Hall–Kier alpha value is -4.00. The fraction of sp³-hybridized carbons (Fsp3) is 0.355. The summed E-state index contributed by atoms with van der Waals surface area (Å²) in [5.41, 5.74) is 2.93. The maximum absolute atomic E-state index is 13.7. The maximum Gasteiger partial charge on any atom is 0.243 e. The van der Waals surface area contributed by atoms with Gasteiger partial charge in [-0.15, -0.1) is 0 Å². The highest BCUT2D eigenvalue weighted by Crippen LogP contribution is 2.27. The molecule has 202 valence electrons. The molecule has 0 aliphatic carbocycles. The summed E-state index contributed by atoms with van der Waals surface area (Å²) in [7, 11) is 4.81. The smallest absolute Gasteiger partial charge is 0.243 e. The van der Waals surface area contributed by atoms with Crippen LogP contribution in [0.3, 0.4) is 0 Å². The van der Waals surface area contributed by atoms with Gasteiger partial charge in [0.2, 0.25) is 11.8 Å². The number of nitrogens with zero attached hydrogens (tertiary/aromatic N) is 1. The number of benzene rings is 3. The first-order valence-electron chi connectivity index (χ1n) is 12.8.